The van der Waals surface area contributed by atoms with Crippen LogP contribution in [0.15, 0.2) is 81.1 Å². The minimum Gasteiger partial charge on any atom is -0.484 e. The first-order valence-corrected chi connectivity index (χ1v) is 12.2. The molecule has 1 atom stereocenters. The van der Waals surface area contributed by atoms with Crippen LogP contribution >= 0.6 is 15.9 Å². The van der Waals surface area contributed by atoms with Crippen molar-refractivity contribution in [1.29, 1.82) is 0 Å². The molecule has 0 aliphatic carbocycles. The van der Waals surface area contributed by atoms with Crippen LogP contribution in [0.4, 0.5) is 10.1 Å². The summed E-state index contributed by atoms with van der Waals surface area (Å²) in [6, 6.07) is 17.9. The standard InChI is InChI=1S/C27H24BrFN4O3/c1-3-17(2)26-32-24-13-6-19(28)14-23(24)27(35)33(26)30-15-18-4-11-22(12-5-18)36-16-25(34)31-21-9-7-20(29)8-10-21/h4-15,17H,3,16H2,1-2H3,(H,31,34)/t17-/m1/s1. The second kappa shape index (κ2) is 11.3. The van der Waals surface area contributed by atoms with Gasteiger partial charge in [-0.3, -0.25) is 9.59 Å². The Hall–Kier alpha value is -3.85. The molecule has 1 N–H and O–H groups in total. The maximum absolute atomic E-state index is 13.2. The normalized spacial score (nSPS) is 12.1. The van der Waals surface area contributed by atoms with E-state index < -0.39 is 0 Å². The monoisotopic (exact) mass is 550 g/mol. The lowest BCUT2D eigenvalue weighted by Gasteiger charge is -2.14. The predicted molar refractivity (Wildman–Crippen MR) is 142 cm³/mol. The molecule has 36 heavy (non-hydrogen) atoms. The van der Waals surface area contributed by atoms with Gasteiger partial charge in [-0.05, 0) is 78.7 Å². The fourth-order valence-electron chi connectivity index (χ4n) is 3.43. The van der Waals surface area contributed by atoms with E-state index in [0.29, 0.717) is 28.2 Å². The Balaban J connectivity index is 1.48. The van der Waals surface area contributed by atoms with Crippen LogP contribution in [0.25, 0.3) is 10.9 Å². The summed E-state index contributed by atoms with van der Waals surface area (Å²) in [5.74, 6) is 0.398. The highest BCUT2D eigenvalue weighted by Gasteiger charge is 2.15. The summed E-state index contributed by atoms with van der Waals surface area (Å²) in [5, 5.41) is 7.57. The van der Waals surface area contributed by atoms with Gasteiger partial charge in [0, 0.05) is 16.1 Å². The molecular formula is C27H24BrFN4O3. The predicted octanol–water partition coefficient (Wildman–Crippen LogP) is 5.71. The quantitative estimate of drug-likeness (QED) is 0.284. The van der Waals surface area contributed by atoms with Crippen molar-refractivity contribution in [3.05, 3.63) is 98.8 Å². The van der Waals surface area contributed by atoms with Crippen molar-refractivity contribution >= 4 is 44.6 Å². The molecule has 0 radical (unpaired) electrons. The smallest absolute Gasteiger partial charge is 0.282 e. The second-order valence-corrected chi connectivity index (χ2v) is 9.13. The minimum absolute atomic E-state index is 0.0414. The summed E-state index contributed by atoms with van der Waals surface area (Å²) in [4.78, 5) is 30.0. The van der Waals surface area contributed by atoms with Gasteiger partial charge in [0.2, 0.25) is 0 Å². The number of rotatable bonds is 8. The Bertz CT molecular complexity index is 1470. The Kier molecular flexibility index (Phi) is 7.90. The van der Waals surface area contributed by atoms with Crippen LogP contribution < -0.4 is 15.6 Å². The van der Waals surface area contributed by atoms with E-state index in [1.807, 2.05) is 26.0 Å². The van der Waals surface area contributed by atoms with E-state index in [1.165, 1.54) is 28.9 Å². The van der Waals surface area contributed by atoms with E-state index in [-0.39, 0.29) is 29.8 Å². The third-order valence-electron chi connectivity index (χ3n) is 5.59. The zero-order valence-corrected chi connectivity index (χ0v) is 21.3. The van der Waals surface area contributed by atoms with Crippen molar-refractivity contribution in [2.75, 3.05) is 11.9 Å². The van der Waals surface area contributed by atoms with Gasteiger partial charge < -0.3 is 10.1 Å². The number of fused-ring (bicyclic) bond motifs is 1. The summed E-state index contributed by atoms with van der Waals surface area (Å²) < 4.78 is 20.7. The molecule has 4 aromatic rings. The molecule has 1 amide bonds. The van der Waals surface area contributed by atoms with Crippen LogP contribution in [0.3, 0.4) is 0 Å². The number of halogens is 2. The van der Waals surface area contributed by atoms with E-state index in [2.05, 4.69) is 26.3 Å². The van der Waals surface area contributed by atoms with Crippen LogP contribution in [-0.2, 0) is 4.79 Å². The van der Waals surface area contributed by atoms with Crippen molar-refractivity contribution in [3.8, 4) is 5.75 Å². The Morgan fingerprint density at radius 1 is 1.17 bits per heavy atom. The Labute approximate surface area is 215 Å². The molecule has 0 saturated carbocycles. The zero-order chi connectivity index (χ0) is 25.7. The lowest BCUT2D eigenvalue weighted by atomic mass is 10.1. The summed E-state index contributed by atoms with van der Waals surface area (Å²) in [7, 11) is 0. The first kappa shape index (κ1) is 25.2. The number of anilines is 1. The van der Waals surface area contributed by atoms with Gasteiger partial charge in [0.25, 0.3) is 11.5 Å². The van der Waals surface area contributed by atoms with Crippen LogP contribution in [0, 0.1) is 5.82 Å². The first-order chi connectivity index (χ1) is 17.3. The van der Waals surface area contributed by atoms with Gasteiger partial charge in [0.1, 0.15) is 17.4 Å². The molecule has 9 heteroatoms. The van der Waals surface area contributed by atoms with Gasteiger partial charge >= 0.3 is 0 Å². The zero-order valence-electron chi connectivity index (χ0n) is 19.7. The average Bonchev–Trinajstić information content (AvgIpc) is 2.88. The Morgan fingerprint density at radius 2 is 1.89 bits per heavy atom. The molecular weight excluding hydrogens is 527 g/mol. The number of ether oxygens (including phenoxy) is 1. The van der Waals surface area contributed by atoms with Gasteiger partial charge in [-0.1, -0.05) is 29.8 Å². The fourth-order valence-corrected chi connectivity index (χ4v) is 3.79. The number of nitrogens with one attached hydrogen (secondary N) is 1. The van der Waals surface area contributed by atoms with E-state index in [4.69, 9.17) is 9.72 Å². The molecule has 0 aliphatic heterocycles. The minimum atomic E-state index is -0.376. The molecule has 3 aromatic carbocycles. The number of nitrogens with zero attached hydrogens (tertiary/aromatic N) is 3. The van der Waals surface area contributed by atoms with E-state index in [1.54, 1.807) is 36.5 Å². The van der Waals surface area contributed by atoms with E-state index in [0.717, 1.165) is 16.5 Å². The second-order valence-electron chi connectivity index (χ2n) is 8.22. The van der Waals surface area contributed by atoms with Crippen molar-refractivity contribution in [3.63, 3.8) is 0 Å². The molecule has 0 aliphatic rings. The molecule has 0 saturated heterocycles. The number of carbonyl (C=O) groups excluding carboxylic acids is 1. The molecule has 184 valence electrons. The molecule has 0 spiro atoms. The number of aromatic nitrogens is 2. The van der Waals surface area contributed by atoms with Gasteiger partial charge in [0.05, 0.1) is 17.1 Å². The number of amides is 1. The number of hydrogen-bond donors (Lipinski definition) is 1. The first-order valence-electron chi connectivity index (χ1n) is 11.4. The van der Waals surface area contributed by atoms with E-state index in [9.17, 15) is 14.0 Å². The van der Waals surface area contributed by atoms with Crippen LogP contribution in [0.1, 0.15) is 37.6 Å². The molecule has 1 heterocycles. The third kappa shape index (κ3) is 6.04. The maximum Gasteiger partial charge on any atom is 0.282 e. The largest absolute Gasteiger partial charge is 0.484 e. The molecule has 7 nitrogen and oxygen atoms in total. The van der Waals surface area contributed by atoms with Gasteiger partial charge in [-0.15, -0.1) is 0 Å². The highest BCUT2D eigenvalue weighted by atomic mass is 79.9. The number of carbonyl (C=O) groups is 1. The van der Waals surface area contributed by atoms with Crippen LogP contribution in [-0.4, -0.2) is 28.4 Å². The van der Waals surface area contributed by atoms with E-state index >= 15 is 0 Å². The number of hydrogen-bond acceptors (Lipinski definition) is 5. The van der Waals surface area contributed by atoms with Crippen molar-refractivity contribution in [1.82, 2.24) is 9.66 Å². The van der Waals surface area contributed by atoms with Gasteiger partial charge in [-0.25, -0.2) is 9.37 Å². The average molecular weight is 551 g/mol. The molecule has 1 aromatic heterocycles. The molecule has 0 unspecified atom stereocenters. The summed E-state index contributed by atoms with van der Waals surface area (Å²) in [6.45, 7) is 3.85. The van der Waals surface area contributed by atoms with Crippen LogP contribution in [0.5, 0.6) is 5.75 Å². The van der Waals surface area contributed by atoms with Gasteiger partial charge in [-0.2, -0.15) is 9.78 Å². The summed E-state index contributed by atoms with van der Waals surface area (Å²) in [6.07, 6.45) is 2.40. The molecule has 0 fully saturated rings. The summed E-state index contributed by atoms with van der Waals surface area (Å²) >= 11 is 3.41. The van der Waals surface area contributed by atoms with Crippen molar-refractivity contribution < 1.29 is 13.9 Å². The molecule has 4 rings (SSSR count). The number of benzene rings is 3. The van der Waals surface area contributed by atoms with Crippen molar-refractivity contribution in [2.45, 2.75) is 26.2 Å². The topological polar surface area (TPSA) is 85.6 Å². The maximum atomic E-state index is 13.2. The SMILES string of the molecule is CC[C@@H](C)c1nc2ccc(Br)cc2c(=O)n1N=Cc1ccc(OCC(=O)Nc2ccc(F)cc2)cc1. The van der Waals surface area contributed by atoms with Crippen molar-refractivity contribution in [2.24, 2.45) is 5.10 Å². The lowest BCUT2D eigenvalue weighted by Crippen LogP contribution is -2.23. The van der Waals surface area contributed by atoms with Crippen LogP contribution in [0.2, 0.25) is 0 Å². The lowest BCUT2D eigenvalue weighted by molar-refractivity contribution is -0.118. The van der Waals surface area contributed by atoms with Gasteiger partial charge in [0.15, 0.2) is 6.61 Å². The molecule has 0 bridgehead atoms. The Morgan fingerprint density at radius 3 is 2.58 bits per heavy atom. The summed E-state index contributed by atoms with van der Waals surface area (Å²) in [5.41, 5.74) is 1.63. The fraction of sp³-hybridized carbons (Fsp3) is 0.185. The third-order valence-corrected chi connectivity index (χ3v) is 6.08. The highest BCUT2D eigenvalue weighted by molar-refractivity contribution is 9.10. The highest BCUT2D eigenvalue weighted by Crippen LogP contribution is 2.21.